The minimum atomic E-state index is -1.01. The fourth-order valence-electron chi connectivity index (χ4n) is 1.80. The molecule has 0 radical (unpaired) electrons. The second-order valence-electron chi connectivity index (χ2n) is 4.26. The van der Waals surface area contributed by atoms with Gasteiger partial charge in [0.05, 0.1) is 24.9 Å². The fourth-order valence-corrected chi connectivity index (χ4v) is 1.94. The first-order chi connectivity index (χ1) is 10.1. The molecular weight excluding hydrogens is 294 g/mol. The predicted molar refractivity (Wildman–Crippen MR) is 75.9 cm³/mol. The number of carbonyl (C=O) groups is 2. The number of carbonyl (C=O) groups excluding carboxylic acids is 1. The van der Waals surface area contributed by atoms with Gasteiger partial charge in [-0.15, -0.1) is 0 Å². The Balaban J connectivity index is 2.19. The average molecular weight is 306 g/mol. The van der Waals surface area contributed by atoms with Gasteiger partial charge in [-0.1, -0.05) is 41.9 Å². The van der Waals surface area contributed by atoms with E-state index < -0.39 is 17.9 Å². The van der Waals surface area contributed by atoms with Crippen LogP contribution in [0.3, 0.4) is 0 Å². The fraction of sp³-hybridized carbons (Fsp3) is 0.143. The van der Waals surface area contributed by atoms with Crippen molar-refractivity contribution in [1.29, 1.82) is 0 Å². The van der Waals surface area contributed by atoms with Crippen LogP contribution >= 0.6 is 11.6 Å². The molecule has 0 aliphatic rings. The summed E-state index contributed by atoms with van der Waals surface area (Å²) in [5, 5.41) is 11.7. The van der Waals surface area contributed by atoms with Crippen LogP contribution in [0, 0.1) is 0 Å². The summed E-state index contributed by atoms with van der Waals surface area (Å²) in [5.74, 6) is -1.54. The molecule has 1 aromatic heterocycles. The van der Waals surface area contributed by atoms with Crippen molar-refractivity contribution in [1.82, 2.24) is 15.3 Å². The number of aromatic nitrogens is 2. The lowest BCUT2D eigenvalue weighted by atomic mass is 10.0. The van der Waals surface area contributed by atoms with Crippen molar-refractivity contribution in [2.24, 2.45) is 0 Å². The number of benzene rings is 1. The van der Waals surface area contributed by atoms with Crippen LogP contribution in [-0.2, 0) is 4.79 Å². The second-order valence-corrected chi connectivity index (χ2v) is 4.65. The highest BCUT2D eigenvalue weighted by Crippen LogP contribution is 2.17. The van der Waals surface area contributed by atoms with E-state index in [2.05, 4.69) is 15.3 Å². The van der Waals surface area contributed by atoms with Crippen LogP contribution in [0.5, 0.6) is 0 Å². The van der Waals surface area contributed by atoms with Gasteiger partial charge in [0, 0.05) is 0 Å². The predicted octanol–water partition coefficient (Wildman–Crippen LogP) is 2.08. The molecule has 1 heterocycles. The van der Waals surface area contributed by atoms with Crippen molar-refractivity contribution in [2.45, 2.75) is 12.5 Å². The number of amides is 1. The topological polar surface area (TPSA) is 92.2 Å². The van der Waals surface area contributed by atoms with Crippen LogP contribution in [0.25, 0.3) is 0 Å². The molecule has 0 saturated heterocycles. The third kappa shape index (κ3) is 4.25. The Morgan fingerprint density at radius 2 is 1.95 bits per heavy atom. The van der Waals surface area contributed by atoms with Crippen LogP contribution in [-0.4, -0.2) is 27.0 Å². The maximum Gasteiger partial charge on any atom is 0.305 e. The van der Waals surface area contributed by atoms with E-state index in [9.17, 15) is 9.59 Å². The first-order valence-corrected chi connectivity index (χ1v) is 6.49. The Hall–Kier alpha value is -2.47. The molecule has 1 unspecified atom stereocenters. The maximum atomic E-state index is 12.1. The summed E-state index contributed by atoms with van der Waals surface area (Å²) in [4.78, 5) is 30.7. The summed E-state index contributed by atoms with van der Waals surface area (Å²) in [7, 11) is 0. The van der Waals surface area contributed by atoms with Gasteiger partial charge in [-0.25, -0.2) is 4.98 Å². The lowest BCUT2D eigenvalue weighted by Crippen LogP contribution is -2.30. The van der Waals surface area contributed by atoms with Gasteiger partial charge < -0.3 is 10.4 Å². The number of carboxylic acids is 1. The number of aliphatic carboxylic acids is 1. The molecular formula is C14H12ClN3O3. The van der Waals surface area contributed by atoms with Gasteiger partial charge in [0.2, 0.25) is 0 Å². The van der Waals surface area contributed by atoms with Crippen molar-refractivity contribution in [3.63, 3.8) is 0 Å². The van der Waals surface area contributed by atoms with Gasteiger partial charge >= 0.3 is 5.97 Å². The molecule has 0 spiro atoms. The zero-order valence-electron chi connectivity index (χ0n) is 10.9. The van der Waals surface area contributed by atoms with Crippen molar-refractivity contribution >= 4 is 23.5 Å². The first kappa shape index (κ1) is 14.9. The molecule has 0 saturated carbocycles. The Labute approximate surface area is 125 Å². The van der Waals surface area contributed by atoms with E-state index in [1.165, 1.54) is 12.4 Å². The van der Waals surface area contributed by atoms with E-state index in [4.69, 9.17) is 16.7 Å². The van der Waals surface area contributed by atoms with Gasteiger partial charge in [-0.05, 0) is 5.56 Å². The minimum Gasteiger partial charge on any atom is -0.481 e. The minimum absolute atomic E-state index is 0.0359. The van der Waals surface area contributed by atoms with Gasteiger partial charge in [0.15, 0.2) is 0 Å². The summed E-state index contributed by atoms with van der Waals surface area (Å²) in [6.07, 6.45) is 2.35. The van der Waals surface area contributed by atoms with Crippen molar-refractivity contribution in [2.75, 3.05) is 0 Å². The summed E-state index contributed by atoms with van der Waals surface area (Å²) in [6.45, 7) is 0. The van der Waals surface area contributed by atoms with Crippen LogP contribution in [0.4, 0.5) is 0 Å². The number of hydrogen-bond acceptors (Lipinski definition) is 4. The van der Waals surface area contributed by atoms with E-state index >= 15 is 0 Å². The Morgan fingerprint density at radius 1 is 1.24 bits per heavy atom. The van der Waals surface area contributed by atoms with Crippen LogP contribution < -0.4 is 5.32 Å². The molecule has 108 valence electrons. The Bertz CT molecular complexity index is 649. The largest absolute Gasteiger partial charge is 0.481 e. The molecule has 2 N–H and O–H groups in total. The maximum absolute atomic E-state index is 12.1. The third-order valence-electron chi connectivity index (χ3n) is 2.72. The molecule has 2 rings (SSSR count). The normalized spacial score (nSPS) is 11.7. The Kier molecular flexibility index (Phi) is 4.84. The van der Waals surface area contributed by atoms with Crippen LogP contribution in [0.2, 0.25) is 5.15 Å². The summed E-state index contributed by atoms with van der Waals surface area (Å²) in [5.41, 5.74) is 0.733. The third-order valence-corrected chi connectivity index (χ3v) is 2.91. The summed E-state index contributed by atoms with van der Waals surface area (Å²) < 4.78 is 0. The summed E-state index contributed by atoms with van der Waals surface area (Å²) >= 11 is 5.68. The highest BCUT2D eigenvalue weighted by Gasteiger charge is 2.19. The quantitative estimate of drug-likeness (QED) is 0.882. The van der Waals surface area contributed by atoms with E-state index in [0.29, 0.717) is 5.56 Å². The van der Waals surface area contributed by atoms with E-state index in [0.717, 1.165) is 0 Å². The van der Waals surface area contributed by atoms with Crippen molar-refractivity contribution in [3.8, 4) is 0 Å². The zero-order valence-corrected chi connectivity index (χ0v) is 11.6. The monoisotopic (exact) mass is 305 g/mol. The SMILES string of the molecule is O=C(O)CC(NC(=O)c1cncc(Cl)n1)c1ccccc1. The number of carboxylic acid groups (broad SMARTS) is 1. The van der Waals surface area contributed by atoms with Gasteiger partial charge in [0.25, 0.3) is 5.91 Å². The molecule has 1 atom stereocenters. The van der Waals surface area contributed by atoms with Gasteiger partial charge in [-0.2, -0.15) is 0 Å². The van der Waals surface area contributed by atoms with Crippen molar-refractivity contribution < 1.29 is 14.7 Å². The number of halogens is 1. The lowest BCUT2D eigenvalue weighted by Gasteiger charge is -2.17. The van der Waals surface area contributed by atoms with Gasteiger partial charge in [-0.3, -0.25) is 14.6 Å². The molecule has 2 aromatic rings. The Morgan fingerprint density at radius 3 is 2.57 bits per heavy atom. The van der Waals surface area contributed by atoms with E-state index in [1.54, 1.807) is 24.3 Å². The number of nitrogens with zero attached hydrogens (tertiary/aromatic N) is 2. The number of nitrogens with one attached hydrogen (secondary N) is 1. The van der Waals surface area contributed by atoms with E-state index in [-0.39, 0.29) is 17.3 Å². The van der Waals surface area contributed by atoms with Gasteiger partial charge in [0.1, 0.15) is 10.8 Å². The molecule has 7 heteroatoms. The first-order valence-electron chi connectivity index (χ1n) is 6.11. The highest BCUT2D eigenvalue weighted by molar-refractivity contribution is 6.29. The molecule has 21 heavy (non-hydrogen) atoms. The smallest absolute Gasteiger partial charge is 0.305 e. The van der Waals surface area contributed by atoms with Crippen molar-refractivity contribution in [3.05, 3.63) is 59.1 Å². The molecule has 1 aromatic carbocycles. The molecule has 1 amide bonds. The second kappa shape index (κ2) is 6.81. The average Bonchev–Trinajstić information content (AvgIpc) is 2.47. The summed E-state index contributed by atoms with van der Waals surface area (Å²) in [6, 6.07) is 8.20. The van der Waals surface area contributed by atoms with E-state index in [1.807, 2.05) is 6.07 Å². The number of rotatable bonds is 5. The molecule has 0 fully saturated rings. The van der Waals surface area contributed by atoms with Crippen LogP contribution in [0.1, 0.15) is 28.5 Å². The number of hydrogen-bond donors (Lipinski definition) is 2. The zero-order chi connectivity index (χ0) is 15.2. The standard InChI is InChI=1S/C14H12ClN3O3/c15-12-8-16-7-11(17-12)14(21)18-10(6-13(19)20)9-4-2-1-3-5-9/h1-5,7-8,10H,6H2,(H,18,21)(H,19,20). The highest BCUT2D eigenvalue weighted by atomic mass is 35.5. The molecule has 0 bridgehead atoms. The molecule has 0 aliphatic heterocycles. The molecule has 6 nitrogen and oxygen atoms in total. The lowest BCUT2D eigenvalue weighted by molar-refractivity contribution is -0.137. The molecule has 0 aliphatic carbocycles. The van der Waals surface area contributed by atoms with Crippen LogP contribution in [0.15, 0.2) is 42.7 Å².